The van der Waals surface area contributed by atoms with Crippen LogP contribution in [0.2, 0.25) is 0 Å². The van der Waals surface area contributed by atoms with Gasteiger partial charge >= 0.3 is 0 Å². The fraction of sp³-hybridized carbons (Fsp3) is 0.368. The van der Waals surface area contributed by atoms with E-state index in [1.54, 1.807) is 7.11 Å². The summed E-state index contributed by atoms with van der Waals surface area (Å²) in [6.07, 6.45) is 0. The Morgan fingerprint density at radius 3 is 2.04 bits per heavy atom. The van der Waals surface area contributed by atoms with Crippen LogP contribution in [0.25, 0.3) is 0 Å². The van der Waals surface area contributed by atoms with E-state index in [1.807, 2.05) is 12.1 Å². The summed E-state index contributed by atoms with van der Waals surface area (Å²) in [4.78, 5) is 5.01. The van der Waals surface area contributed by atoms with Gasteiger partial charge in [-0.05, 0) is 23.3 Å². The Balaban J connectivity index is 1.50. The molecule has 1 heterocycles. The Morgan fingerprint density at radius 1 is 0.870 bits per heavy atom. The Hall–Kier alpha value is -2.04. The molecule has 3 rings (SSSR count). The third kappa shape index (κ3) is 4.24. The lowest BCUT2D eigenvalue weighted by atomic mass is 10.1. The van der Waals surface area contributed by atoms with Gasteiger partial charge < -0.3 is 10.5 Å². The van der Waals surface area contributed by atoms with Gasteiger partial charge in [-0.2, -0.15) is 0 Å². The first-order chi connectivity index (χ1) is 11.2. The number of nitrogens with two attached hydrogens (primary N) is 1. The highest BCUT2D eigenvalue weighted by Gasteiger charge is 2.17. The molecule has 2 aromatic rings. The van der Waals surface area contributed by atoms with Crippen LogP contribution in [0.15, 0.2) is 48.5 Å². The Kier molecular flexibility index (Phi) is 5.16. The van der Waals surface area contributed by atoms with E-state index in [2.05, 4.69) is 46.2 Å². The van der Waals surface area contributed by atoms with Gasteiger partial charge in [-0.3, -0.25) is 9.80 Å². The maximum absolute atomic E-state index is 5.99. The van der Waals surface area contributed by atoms with E-state index in [4.69, 9.17) is 10.5 Å². The van der Waals surface area contributed by atoms with E-state index in [-0.39, 0.29) is 0 Å². The van der Waals surface area contributed by atoms with Crippen molar-refractivity contribution in [2.45, 2.75) is 13.1 Å². The van der Waals surface area contributed by atoms with Crippen LogP contribution in [0.3, 0.4) is 0 Å². The van der Waals surface area contributed by atoms with Crippen LogP contribution < -0.4 is 10.5 Å². The van der Waals surface area contributed by atoms with Crippen molar-refractivity contribution in [2.24, 2.45) is 0 Å². The number of benzene rings is 2. The summed E-state index contributed by atoms with van der Waals surface area (Å²) in [5.74, 6) is 0.751. The molecule has 2 aromatic carbocycles. The van der Waals surface area contributed by atoms with Crippen LogP contribution in [-0.4, -0.2) is 43.1 Å². The van der Waals surface area contributed by atoms with Crippen LogP contribution in [-0.2, 0) is 13.1 Å². The van der Waals surface area contributed by atoms with Crippen LogP contribution in [0.5, 0.6) is 5.75 Å². The van der Waals surface area contributed by atoms with Crippen molar-refractivity contribution in [3.63, 3.8) is 0 Å². The van der Waals surface area contributed by atoms with Crippen molar-refractivity contribution in [3.8, 4) is 5.75 Å². The molecule has 1 saturated heterocycles. The van der Waals surface area contributed by atoms with Gasteiger partial charge in [0.05, 0.1) is 12.8 Å². The molecule has 122 valence electrons. The van der Waals surface area contributed by atoms with Gasteiger partial charge in [-0.1, -0.05) is 36.4 Å². The summed E-state index contributed by atoms with van der Waals surface area (Å²) in [5.41, 5.74) is 9.35. The molecule has 0 aromatic heterocycles. The van der Waals surface area contributed by atoms with Crippen LogP contribution in [0.4, 0.5) is 5.69 Å². The molecule has 0 atom stereocenters. The SMILES string of the molecule is COc1ccc(CN2CCN(Cc3ccccc3)CC2)cc1N. The lowest BCUT2D eigenvalue weighted by molar-refractivity contribution is 0.122. The van der Waals surface area contributed by atoms with E-state index in [9.17, 15) is 0 Å². The number of hydrogen-bond acceptors (Lipinski definition) is 4. The summed E-state index contributed by atoms with van der Waals surface area (Å²) < 4.78 is 5.22. The summed E-state index contributed by atoms with van der Waals surface area (Å²) in [7, 11) is 1.65. The Morgan fingerprint density at radius 2 is 1.48 bits per heavy atom. The lowest BCUT2D eigenvalue weighted by Crippen LogP contribution is -2.45. The minimum Gasteiger partial charge on any atom is -0.495 e. The molecule has 0 bridgehead atoms. The standard InChI is InChI=1S/C19H25N3O/c1-23-19-8-7-17(13-18(19)20)15-22-11-9-21(10-12-22)14-16-5-3-2-4-6-16/h2-8,13H,9-12,14-15,20H2,1H3. The zero-order valence-electron chi connectivity index (χ0n) is 13.7. The second-order valence-corrected chi connectivity index (χ2v) is 6.11. The highest BCUT2D eigenvalue weighted by molar-refractivity contribution is 5.54. The molecule has 1 fully saturated rings. The summed E-state index contributed by atoms with van der Waals surface area (Å²) in [6.45, 7) is 6.41. The van der Waals surface area contributed by atoms with Crippen molar-refractivity contribution in [1.29, 1.82) is 0 Å². The molecular formula is C19H25N3O. The van der Waals surface area contributed by atoms with Gasteiger partial charge in [0.2, 0.25) is 0 Å². The number of ether oxygens (including phenoxy) is 1. The van der Waals surface area contributed by atoms with Crippen LogP contribution in [0, 0.1) is 0 Å². The third-order valence-electron chi connectivity index (χ3n) is 4.41. The normalized spacial score (nSPS) is 16.4. The molecule has 4 nitrogen and oxygen atoms in total. The predicted octanol–water partition coefficient (Wildman–Crippen LogP) is 2.60. The van der Waals surface area contributed by atoms with Crippen molar-refractivity contribution in [3.05, 3.63) is 59.7 Å². The number of nitrogen functional groups attached to an aromatic ring is 1. The van der Waals surface area contributed by atoms with Gasteiger partial charge in [0.15, 0.2) is 0 Å². The Bertz CT molecular complexity index is 622. The van der Waals surface area contributed by atoms with Gasteiger partial charge in [0, 0.05) is 39.3 Å². The maximum atomic E-state index is 5.99. The average molecular weight is 311 g/mol. The molecule has 0 unspecified atom stereocenters. The summed E-state index contributed by atoms with van der Waals surface area (Å²) >= 11 is 0. The second-order valence-electron chi connectivity index (χ2n) is 6.11. The first-order valence-corrected chi connectivity index (χ1v) is 8.15. The molecule has 2 N–H and O–H groups in total. The maximum Gasteiger partial charge on any atom is 0.141 e. The smallest absolute Gasteiger partial charge is 0.141 e. The van der Waals surface area contributed by atoms with E-state index in [0.29, 0.717) is 5.69 Å². The molecule has 1 aliphatic rings. The van der Waals surface area contributed by atoms with Crippen molar-refractivity contribution in [2.75, 3.05) is 39.0 Å². The fourth-order valence-electron chi connectivity index (χ4n) is 3.09. The molecule has 0 radical (unpaired) electrons. The number of methoxy groups -OCH3 is 1. The van der Waals surface area contributed by atoms with Gasteiger partial charge in [0.25, 0.3) is 0 Å². The number of hydrogen-bond donors (Lipinski definition) is 1. The second kappa shape index (κ2) is 7.49. The van der Waals surface area contributed by atoms with E-state index in [0.717, 1.165) is 45.0 Å². The van der Waals surface area contributed by atoms with Gasteiger partial charge in [0.1, 0.15) is 5.75 Å². The topological polar surface area (TPSA) is 41.7 Å². The quantitative estimate of drug-likeness (QED) is 0.862. The highest BCUT2D eigenvalue weighted by Crippen LogP contribution is 2.23. The number of nitrogens with zero attached hydrogens (tertiary/aromatic N) is 2. The monoisotopic (exact) mass is 311 g/mol. The zero-order chi connectivity index (χ0) is 16.1. The molecule has 0 saturated carbocycles. The third-order valence-corrected chi connectivity index (χ3v) is 4.41. The minimum atomic E-state index is 0.715. The number of anilines is 1. The van der Waals surface area contributed by atoms with Gasteiger partial charge in [-0.25, -0.2) is 0 Å². The first-order valence-electron chi connectivity index (χ1n) is 8.15. The average Bonchev–Trinajstić information content (AvgIpc) is 2.58. The molecule has 1 aliphatic heterocycles. The summed E-state index contributed by atoms with van der Waals surface area (Å²) in [6, 6.07) is 16.8. The lowest BCUT2D eigenvalue weighted by Gasteiger charge is -2.34. The van der Waals surface area contributed by atoms with Gasteiger partial charge in [-0.15, -0.1) is 0 Å². The number of rotatable bonds is 5. The number of piperazine rings is 1. The Labute approximate surface area is 138 Å². The molecular weight excluding hydrogens is 286 g/mol. The van der Waals surface area contributed by atoms with Crippen LogP contribution >= 0.6 is 0 Å². The molecule has 0 amide bonds. The summed E-state index contributed by atoms with van der Waals surface area (Å²) in [5, 5.41) is 0. The largest absolute Gasteiger partial charge is 0.495 e. The fourth-order valence-corrected chi connectivity index (χ4v) is 3.09. The van der Waals surface area contributed by atoms with E-state index >= 15 is 0 Å². The molecule has 4 heteroatoms. The van der Waals surface area contributed by atoms with Crippen molar-refractivity contribution >= 4 is 5.69 Å². The molecule has 0 spiro atoms. The van der Waals surface area contributed by atoms with E-state index in [1.165, 1.54) is 11.1 Å². The van der Waals surface area contributed by atoms with Crippen LogP contribution in [0.1, 0.15) is 11.1 Å². The predicted molar refractivity (Wildman–Crippen MR) is 94.4 cm³/mol. The highest BCUT2D eigenvalue weighted by atomic mass is 16.5. The molecule has 0 aliphatic carbocycles. The minimum absolute atomic E-state index is 0.715. The molecule has 23 heavy (non-hydrogen) atoms. The van der Waals surface area contributed by atoms with E-state index < -0.39 is 0 Å². The van der Waals surface area contributed by atoms with Crippen molar-refractivity contribution in [1.82, 2.24) is 9.80 Å². The van der Waals surface area contributed by atoms with Crippen molar-refractivity contribution < 1.29 is 4.74 Å². The first kappa shape index (κ1) is 15.8. The zero-order valence-corrected chi connectivity index (χ0v) is 13.7.